The van der Waals surface area contributed by atoms with Gasteiger partial charge in [-0.15, -0.1) is 0 Å². The van der Waals surface area contributed by atoms with Crippen LogP contribution in [0, 0.1) is 5.92 Å². The molecule has 2 atom stereocenters. The minimum atomic E-state index is -0.719. The molecule has 1 saturated heterocycles. The summed E-state index contributed by atoms with van der Waals surface area (Å²) in [6, 6.07) is -0.347. The topological polar surface area (TPSA) is 40.5 Å². The summed E-state index contributed by atoms with van der Waals surface area (Å²) in [4.78, 5) is 13.1. The van der Waals surface area contributed by atoms with Crippen LogP contribution in [0.3, 0.4) is 0 Å². The Morgan fingerprint density at radius 3 is 2.87 bits per heavy atom. The van der Waals surface area contributed by atoms with Gasteiger partial charge in [0.1, 0.15) is 6.04 Å². The van der Waals surface area contributed by atoms with Gasteiger partial charge < -0.3 is 5.11 Å². The number of likely N-dealkylation sites (tertiary alicyclic amines) is 1. The molecule has 1 aliphatic heterocycles. The van der Waals surface area contributed by atoms with Gasteiger partial charge in [-0.2, -0.15) is 0 Å². The fourth-order valence-electron chi connectivity index (χ4n) is 1.99. The van der Waals surface area contributed by atoms with Crippen molar-refractivity contribution in [2.75, 3.05) is 13.1 Å². The lowest BCUT2D eigenvalue weighted by Crippen LogP contribution is -2.47. The molecule has 0 aromatic heterocycles. The van der Waals surface area contributed by atoms with E-state index in [1.165, 1.54) is 5.54 Å². The standard InChI is InChI=1S/C11H18ClNO2/c1-8-3-4-13(7-9(2)6-12)10(5-8)11(14)15/h6,8,10H,3-5,7H2,1-2H3,(H,14,15)/b9-6-. The summed E-state index contributed by atoms with van der Waals surface area (Å²) in [7, 11) is 0. The number of carboxylic acids is 1. The summed E-state index contributed by atoms with van der Waals surface area (Å²) >= 11 is 5.59. The molecule has 1 heterocycles. The monoisotopic (exact) mass is 231 g/mol. The molecule has 0 aromatic carbocycles. The number of piperidine rings is 1. The van der Waals surface area contributed by atoms with E-state index in [0.717, 1.165) is 25.0 Å². The highest BCUT2D eigenvalue weighted by Gasteiger charge is 2.31. The lowest BCUT2D eigenvalue weighted by molar-refractivity contribution is -0.145. The fourth-order valence-corrected chi connectivity index (χ4v) is 2.06. The van der Waals surface area contributed by atoms with Crippen molar-refractivity contribution in [2.45, 2.75) is 32.7 Å². The van der Waals surface area contributed by atoms with Crippen molar-refractivity contribution >= 4 is 17.6 Å². The maximum absolute atomic E-state index is 11.1. The van der Waals surface area contributed by atoms with E-state index in [9.17, 15) is 4.79 Å². The summed E-state index contributed by atoms with van der Waals surface area (Å²) in [6.45, 7) is 5.54. The number of rotatable bonds is 3. The van der Waals surface area contributed by atoms with Gasteiger partial charge in [-0.1, -0.05) is 18.5 Å². The summed E-state index contributed by atoms with van der Waals surface area (Å²) in [6.07, 6.45) is 1.81. The van der Waals surface area contributed by atoms with Crippen molar-refractivity contribution in [1.29, 1.82) is 0 Å². The van der Waals surface area contributed by atoms with E-state index in [-0.39, 0.29) is 6.04 Å². The minimum absolute atomic E-state index is 0.347. The zero-order valence-corrected chi connectivity index (χ0v) is 10.00. The van der Waals surface area contributed by atoms with Gasteiger partial charge in [0, 0.05) is 12.1 Å². The number of hydrogen-bond donors (Lipinski definition) is 1. The minimum Gasteiger partial charge on any atom is -0.480 e. The van der Waals surface area contributed by atoms with Gasteiger partial charge in [-0.3, -0.25) is 9.69 Å². The summed E-state index contributed by atoms with van der Waals surface area (Å²) in [5.74, 6) is -0.216. The number of hydrogen-bond acceptors (Lipinski definition) is 2. The molecule has 1 rings (SSSR count). The maximum atomic E-state index is 11.1. The van der Waals surface area contributed by atoms with Crippen LogP contribution in [0.1, 0.15) is 26.7 Å². The molecule has 0 saturated carbocycles. The van der Waals surface area contributed by atoms with Crippen LogP contribution in [0.5, 0.6) is 0 Å². The zero-order chi connectivity index (χ0) is 11.4. The zero-order valence-electron chi connectivity index (χ0n) is 9.24. The van der Waals surface area contributed by atoms with E-state index in [2.05, 4.69) is 6.92 Å². The summed E-state index contributed by atoms with van der Waals surface area (Å²) < 4.78 is 0. The molecule has 4 heteroatoms. The number of carbonyl (C=O) groups is 1. The molecule has 86 valence electrons. The number of nitrogens with zero attached hydrogens (tertiary/aromatic N) is 1. The average molecular weight is 232 g/mol. The first-order valence-electron chi connectivity index (χ1n) is 5.27. The van der Waals surface area contributed by atoms with Gasteiger partial charge in [-0.25, -0.2) is 0 Å². The first-order valence-corrected chi connectivity index (χ1v) is 5.71. The Morgan fingerprint density at radius 1 is 1.67 bits per heavy atom. The van der Waals surface area contributed by atoms with E-state index in [1.807, 2.05) is 11.8 Å². The highest BCUT2D eigenvalue weighted by Crippen LogP contribution is 2.23. The molecule has 0 spiro atoms. The lowest BCUT2D eigenvalue weighted by Gasteiger charge is -2.36. The first-order chi connectivity index (χ1) is 7.04. The van der Waals surface area contributed by atoms with Crippen molar-refractivity contribution in [2.24, 2.45) is 5.92 Å². The molecule has 1 N–H and O–H groups in total. The van der Waals surface area contributed by atoms with Crippen molar-refractivity contribution < 1.29 is 9.90 Å². The maximum Gasteiger partial charge on any atom is 0.320 e. The van der Waals surface area contributed by atoms with Crippen LogP contribution in [-0.4, -0.2) is 35.1 Å². The molecule has 0 bridgehead atoms. The van der Waals surface area contributed by atoms with E-state index >= 15 is 0 Å². The summed E-state index contributed by atoms with van der Waals surface area (Å²) in [5, 5.41) is 9.12. The Kier molecular flexibility index (Phi) is 4.61. The highest BCUT2D eigenvalue weighted by molar-refractivity contribution is 6.25. The predicted molar refractivity (Wildman–Crippen MR) is 61.0 cm³/mol. The van der Waals surface area contributed by atoms with Crippen molar-refractivity contribution in [3.05, 3.63) is 11.1 Å². The van der Waals surface area contributed by atoms with Crippen LogP contribution in [0.25, 0.3) is 0 Å². The highest BCUT2D eigenvalue weighted by atomic mass is 35.5. The normalized spacial score (nSPS) is 29.1. The van der Waals surface area contributed by atoms with E-state index in [0.29, 0.717) is 12.5 Å². The Labute approximate surface area is 95.7 Å². The van der Waals surface area contributed by atoms with Gasteiger partial charge in [0.05, 0.1) is 0 Å². The second kappa shape index (κ2) is 5.52. The van der Waals surface area contributed by atoms with Gasteiger partial charge >= 0.3 is 5.97 Å². The van der Waals surface area contributed by atoms with Gasteiger partial charge in [0.2, 0.25) is 0 Å². The third-order valence-electron chi connectivity index (χ3n) is 2.90. The first kappa shape index (κ1) is 12.5. The molecule has 0 aromatic rings. The third-order valence-corrected chi connectivity index (χ3v) is 3.27. The van der Waals surface area contributed by atoms with Crippen LogP contribution in [0.2, 0.25) is 0 Å². The van der Waals surface area contributed by atoms with E-state index < -0.39 is 5.97 Å². The molecule has 0 amide bonds. The van der Waals surface area contributed by atoms with Gasteiger partial charge in [0.25, 0.3) is 0 Å². The van der Waals surface area contributed by atoms with Crippen LogP contribution in [0.4, 0.5) is 0 Å². The largest absolute Gasteiger partial charge is 0.480 e. The van der Waals surface area contributed by atoms with E-state index in [4.69, 9.17) is 16.7 Å². The molecule has 1 fully saturated rings. The van der Waals surface area contributed by atoms with Crippen LogP contribution < -0.4 is 0 Å². The Balaban J connectivity index is 2.64. The van der Waals surface area contributed by atoms with Crippen molar-refractivity contribution in [1.82, 2.24) is 4.90 Å². The molecule has 2 unspecified atom stereocenters. The average Bonchev–Trinajstić information content (AvgIpc) is 2.20. The predicted octanol–water partition coefficient (Wildman–Crippen LogP) is 2.31. The molecule has 0 aliphatic carbocycles. The number of carboxylic acid groups (broad SMARTS) is 1. The molecule has 3 nitrogen and oxygen atoms in total. The summed E-state index contributed by atoms with van der Waals surface area (Å²) in [5.41, 5.74) is 2.54. The number of aliphatic carboxylic acids is 1. The smallest absolute Gasteiger partial charge is 0.320 e. The quantitative estimate of drug-likeness (QED) is 0.811. The lowest BCUT2D eigenvalue weighted by atomic mass is 9.92. The van der Waals surface area contributed by atoms with E-state index in [1.54, 1.807) is 0 Å². The van der Waals surface area contributed by atoms with Crippen LogP contribution in [0.15, 0.2) is 11.1 Å². The fraction of sp³-hybridized carbons (Fsp3) is 0.727. The van der Waals surface area contributed by atoms with Crippen molar-refractivity contribution in [3.8, 4) is 0 Å². The molecule has 15 heavy (non-hydrogen) atoms. The molecular weight excluding hydrogens is 214 g/mol. The Bertz CT molecular complexity index is 265. The van der Waals surface area contributed by atoms with Gasteiger partial charge in [0.15, 0.2) is 0 Å². The van der Waals surface area contributed by atoms with Crippen molar-refractivity contribution in [3.63, 3.8) is 0 Å². The van der Waals surface area contributed by atoms with Crippen LogP contribution >= 0.6 is 11.6 Å². The SMILES string of the molecule is C/C(=C/Cl)CN1CCC(C)CC1C(=O)O. The molecular formula is C11H18ClNO2. The van der Waals surface area contributed by atoms with Gasteiger partial charge in [-0.05, 0) is 37.8 Å². The molecule has 0 radical (unpaired) electrons. The number of halogens is 1. The second-order valence-corrected chi connectivity index (χ2v) is 4.63. The molecule has 1 aliphatic rings. The Morgan fingerprint density at radius 2 is 2.33 bits per heavy atom. The Hall–Kier alpha value is -0.540. The third kappa shape index (κ3) is 3.50. The second-order valence-electron chi connectivity index (χ2n) is 4.41. The van der Waals surface area contributed by atoms with Crippen LogP contribution in [-0.2, 0) is 4.79 Å².